The van der Waals surface area contributed by atoms with E-state index >= 15 is 0 Å². The topological polar surface area (TPSA) is 103 Å². The fourth-order valence-corrected chi connectivity index (χ4v) is 6.20. The van der Waals surface area contributed by atoms with Crippen molar-refractivity contribution < 1.29 is 19.4 Å². The quantitative estimate of drug-likeness (QED) is 0.254. The summed E-state index contributed by atoms with van der Waals surface area (Å²) in [6.45, 7) is 4.81. The largest absolute Gasteiger partial charge is 0.492 e. The molecule has 1 atom stereocenters. The highest BCUT2D eigenvalue weighted by atomic mass is 16.5. The van der Waals surface area contributed by atoms with Crippen molar-refractivity contribution in [3.8, 4) is 5.75 Å². The van der Waals surface area contributed by atoms with Crippen LogP contribution in [-0.2, 0) is 28.9 Å². The monoisotopic (exact) mass is 591 g/mol. The lowest BCUT2D eigenvalue weighted by molar-refractivity contribution is -0.149. The number of aromatic nitrogens is 2. The van der Waals surface area contributed by atoms with E-state index in [9.17, 15) is 14.7 Å². The van der Waals surface area contributed by atoms with Crippen LogP contribution in [0.5, 0.6) is 5.75 Å². The van der Waals surface area contributed by atoms with Crippen LogP contribution in [0, 0.1) is 0 Å². The zero-order valence-corrected chi connectivity index (χ0v) is 25.9. The van der Waals surface area contributed by atoms with Crippen molar-refractivity contribution in [3.63, 3.8) is 0 Å². The molecule has 5 rings (SSSR count). The summed E-state index contributed by atoms with van der Waals surface area (Å²) < 4.78 is 12.7. The Bertz CT molecular complexity index is 1310. The van der Waals surface area contributed by atoms with Crippen LogP contribution in [0.1, 0.15) is 89.4 Å². The van der Waals surface area contributed by atoms with E-state index in [1.807, 2.05) is 37.3 Å². The average Bonchev–Trinajstić information content (AvgIpc) is 3.04. The first-order valence-electron chi connectivity index (χ1n) is 16.3. The van der Waals surface area contributed by atoms with Gasteiger partial charge in [-0.3, -0.25) is 9.36 Å². The molecular weight excluding hydrogens is 542 g/mol. The summed E-state index contributed by atoms with van der Waals surface area (Å²) in [4.78, 5) is 28.6. The van der Waals surface area contributed by atoms with Crippen molar-refractivity contribution in [2.75, 3.05) is 13.2 Å². The molecule has 2 N–H and O–H groups in total. The zero-order chi connectivity index (χ0) is 30.4. The number of hydrogen-bond donors (Lipinski definition) is 2. The van der Waals surface area contributed by atoms with Gasteiger partial charge in [0, 0.05) is 31.5 Å². The molecule has 3 aromatic rings. The van der Waals surface area contributed by atoms with Gasteiger partial charge in [-0.15, -0.1) is 0 Å². The number of nitrogens with one attached hydrogen (secondary N) is 1. The molecule has 0 saturated heterocycles. The SMILES string of the molecule is C1CCC(NC2CCCCC2)CC1.CCOC(Cc1ccc(OCCn2c(CC)nc3ccccc3c2=O)cc1)C(=O)O. The number of ether oxygens (including phenoxy) is 2. The summed E-state index contributed by atoms with van der Waals surface area (Å²) in [6.07, 6.45) is 14.7. The van der Waals surface area contributed by atoms with Gasteiger partial charge in [-0.1, -0.05) is 69.7 Å². The number of rotatable bonds is 12. The van der Waals surface area contributed by atoms with Crippen LogP contribution in [0.3, 0.4) is 0 Å². The number of fused-ring (bicyclic) bond motifs is 1. The van der Waals surface area contributed by atoms with Crippen molar-refractivity contribution >= 4 is 16.9 Å². The normalized spacial score (nSPS) is 16.8. The molecule has 234 valence electrons. The first-order valence-corrected chi connectivity index (χ1v) is 16.3. The second-order valence-electron chi connectivity index (χ2n) is 11.7. The maximum atomic E-state index is 12.8. The molecule has 1 unspecified atom stereocenters. The molecule has 2 fully saturated rings. The van der Waals surface area contributed by atoms with Crippen LogP contribution in [0.2, 0.25) is 0 Å². The molecule has 43 heavy (non-hydrogen) atoms. The van der Waals surface area contributed by atoms with Crippen molar-refractivity contribution in [1.82, 2.24) is 14.9 Å². The number of nitrogens with zero attached hydrogens (tertiary/aromatic N) is 2. The molecule has 8 nitrogen and oxygen atoms in total. The van der Waals surface area contributed by atoms with Crippen molar-refractivity contribution in [1.29, 1.82) is 0 Å². The zero-order valence-electron chi connectivity index (χ0n) is 25.9. The lowest BCUT2D eigenvalue weighted by Gasteiger charge is -2.30. The average molecular weight is 592 g/mol. The predicted octanol–water partition coefficient (Wildman–Crippen LogP) is 6.31. The van der Waals surface area contributed by atoms with Gasteiger partial charge in [0.1, 0.15) is 18.2 Å². The third-order valence-electron chi connectivity index (χ3n) is 8.51. The first kappa shape index (κ1) is 32.7. The van der Waals surface area contributed by atoms with Gasteiger partial charge < -0.3 is 19.9 Å². The maximum absolute atomic E-state index is 12.8. The lowest BCUT2D eigenvalue weighted by Crippen LogP contribution is -2.40. The first-order chi connectivity index (χ1) is 21.0. The highest BCUT2D eigenvalue weighted by Gasteiger charge is 2.20. The molecule has 0 spiro atoms. The van der Waals surface area contributed by atoms with Crippen molar-refractivity contribution in [3.05, 3.63) is 70.3 Å². The number of carboxylic acid groups (broad SMARTS) is 1. The second kappa shape index (κ2) is 17.2. The van der Waals surface area contributed by atoms with Crippen LogP contribution >= 0.6 is 0 Å². The fraction of sp³-hybridized carbons (Fsp3) is 0.571. The van der Waals surface area contributed by atoms with Crippen LogP contribution in [0.25, 0.3) is 10.9 Å². The van der Waals surface area contributed by atoms with E-state index in [1.54, 1.807) is 29.7 Å². The highest BCUT2D eigenvalue weighted by molar-refractivity contribution is 5.77. The Morgan fingerprint density at radius 1 is 0.953 bits per heavy atom. The molecule has 0 aliphatic heterocycles. The molecular formula is C35H49N3O5. The molecule has 2 aliphatic rings. The van der Waals surface area contributed by atoms with E-state index in [2.05, 4.69) is 10.3 Å². The van der Waals surface area contributed by atoms with E-state index in [-0.39, 0.29) is 5.56 Å². The van der Waals surface area contributed by atoms with Crippen molar-refractivity contribution in [2.24, 2.45) is 0 Å². The fourth-order valence-electron chi connectivity index (χ4n) is 6.20. The van der Waals surface area contributed by atoms with Gasteiger partial charge >= 0.3 is 5.97 Å². The number of para-hydroxylation sites is 1. The number of carbonyl (C=O) groups is 1. The second-order valence-corrected chi connectivity index (χ2v) is 11.7. The summed E-state index contributed by atoms with van der Waals surface area (Å²) in [7, 11) is 0. The Hall–Kier alpha value is -3.23. The predicted molar refractivity (Wildman–Crippen MR) is 171 cm³/mol. The molecule has 1 heterocycles. The number of benzene rings is 2. The standard InChI is InChI=1S/C23H26N2O5.C12H23N/c1-3-21-24-19-8-6-5-7-18(19)22(26)25(21)13-14-30-17-11-9-16(10-12-17)15-20(23(27)28)29-4-2;1-3-7-11(8-4-1)13-12-9-5-2-6-10-12/h5-12,20H,3-4,13-15H2,1-2H3,(H,27,28);11-13H,1-10H2. The Balaban J connectivity index is 0.000000269. The summed E-state index contributed by atoms with van der Waals surface area (Å²) in [5, 5.41) is 13.6. The Labute approximate surface area is 255 Å². The van der Waals surface area contributed by atoms with Gasteiger partial charge in [0.15, 0.2) is 6.10 Å². The molecule has 0 radical (unpaired) electrons. The smallest absolute Gasteiger partial charge is 0.333 e. The lowest BCUT2D eigenvalue weighted by atomic mass is 9.91. The maximum Gasteiger partial charge on any atom is 0.333 e. The number of aryl methyl sites for hydroxylation is 1. The minimum atomic E-state index is -0.974. The third-order valence-corrected chi connectivity index (χ3v) is 8.51. The molecule has 2 aliphatic carbocycles. The van der Waals surface area contributed by atoms with Crippen LogP contribution in [0.15, 0.2) is 53.3 Å². The summed E-state index contributed by atoms with van der Waals surface area (Å²) in [5.41, 5.74) is 1.50. The van der Waals surface area contributed by atoms with Crippen molar-refractivity contribution in [2.45, 2.75) is 116 Å². The minimum Gasteiger partial charge on any atom is -0.492 e. The number of carboxylic acids is 1. The van der Waals surface area contributed by atoms with Gasteiger partial charge in [-0.2, -0.15) is 0 Å². The highest BCUT2D eigenvalue weighted by Crippen LogP contribution is 2.22. The Morgan fingerprint density at radius 3 is 2.16 bits per heavy atom. The van der Waals surface area contributed by atoms with Gasteiger partial charge in [-0.25, -0.2) is 9.78 Å². The third kappa shape index (κ3) is 9.90. The van der Waals surface area contributed by atoms with Gasteiger partial charge in [0.05, 0.1) is 17.4 Å². The van der Waals surface area contributed by atoms with E-state index in [0.717, 1.165) is 23.5 Å². The van der Waals surface area contributed by atoms with Gasteiger partial charge in [-0.05, 0) is 62.4 Å². The summed E-state index contributed by atoms with van der Waals surface area (Å²) in [6, 6.07) is 16.3. The molecule has 0 amide bonds. The summed E-state index contributed by atoms with van der Waals surface area (Å²) in [5.74, 6) is 0.411. The Kier molecular flexibility index (Phi) is 13.0. The molecule has 1 aromatic heterocycles. The van der Waals surface area contributed by atoms with E-state index in [4.69, 9.17) is 9.47 Å². The van der Waals surface area contributed by atoms with E-state index < -0.39 is 12.1 Å². The Morgan fingerprint density at radius 2 is 1.58 bits per heavy atom. The van der Waals surface area contributed by atoms with Crippen LogP contribution < -0.4 is 15.6 Å². The van der Waals surface area contributed by atoms with Crippen LogP contribution in [-0.4, -0.2) is 52.0 Å². The van der Waals surface area contributed by atoms with Gasteiger partial charge in [0.25, 0.3) is 5.56 Å². The van der Waals surface area contributed by atoms with E-state index in [0.29, 0.717) is 49.3 Å². The molecule has 8 heteroatoms. The molecule has 0 bridgehead atoms. The summed E-state index contributed by atoms with van der Waals surface area (Å²) >= 11 is 0. The molecule has 2 saturated carbocycles. The van der Waals surface area contributed by atoms with Gasteiger partial charge in [0.2, 0.25) is 0 Å². The van der Waals surface area contributed by atoms with Crippen LogP contribution in [0.4, 0.5) is 0 Å². The molecule has 2 aromatic carbocycles. The minimum absolute atomic E-state index is 0.0629. The number of hydrogen-bond acceptors (Lipinski definition) is 6. The van der Waals surface area contributed by atoms with E-state index in [1.165, 1.54) is 64.2 Å². The number of aliphatic carboxylic acids is 1.